The van der Waals surface area contributed by atoms with Crippen molar-refractivity contribution in [3.8, 4) is 0 Å². The van der Waals surface area contributed by atoms with Crippen LogP contribution in [0.1, 0.15) is 23.0 Å². The van der Waals surface area contributed by atoms with Crippen LogP contribution in [0, 0.1) is 0 Å². The van der Waals surface area contributed by atoms with Crippen molar-refractivity contribution in [2.24, 2.45) is 0 Å². The lowest BCUT2D eigenvalue weighted by Gasteiger charge is -2.25. The molecule has 0 aliphatic carbocycles. The van der Waals surface area contributed by atoms with E-state index in [1.807, 2.05) is 0 Å². The average Bonchev–Trinajstić information content (AvgIpc) is 2.37. The molecule has 0 radical (unpaired) electrons. The molecule has 1 amide bonds. The number of aliphatic hydroxyl groups is 2. The van der Waals surface area contributed by atoms with Crippen LogP contribution in [0.4, 0.5) is 13.2 Å². The summed E-state index contributed by atoms with van der Waals surface area (Å²) < 4.78 is 37.0. The van der Waals surface area contributed by atoms with Crippen molar-refractivity contribution in [3.63, 3.8) is 0 Å². The molecule has 6 nitrogen and oxygen atoms in total. The lowest BCUT2D eigenvalue weighted by atomic mass is 10.0. The lowest BCUT2D eigenvalue weighted by Crippen LogP contribution is -2.52. The van der Waals surface area contributed by atoms with Gasteiger partial charge in [-0.25, -0.2) is 0 Å². The fourth-order valence-electron chi connectivity index (χ4n) is 1.29. The SMILES string of the molecule is CC(CO)(CO)NC(=O)c1ccc(C(F)(F)F)[nH]c1=O. The molecule has 112 valence electrons. The number of rotatable bonds is 4. The van der Waals surface area contributed by atoms with Gasteiger partial charge in [-0.1, -0.05) is 0 Å². The maximum absolute atomic E-state index is 12.3. The molecule has 0 atom stereocenters. The predicted molar refractivity (Wildman–Crippen MR) is 62.1 cm³/mol. The van der Waals surface area contributed by atoms with Gasteiger partial charge in [-0.15, -0.1) is 0 Å². The van der Waals surface area contributed by atoms with E-state index in [1.54, 1.807) is 4.98 Å². The Balaban J connectivity index is 3.05. The van der Waals surface area contributed by atoms with E-state index in [-0.39, 0.29) is 0 Å². The van der Waals surface area contributed by atoms with Gasteiger partial charge in [-0.3, -0.25) is 9.59 Å². The number of aliphatic hydroxyl groups excluding tert-OH is 2. The Labute approximate surface area is 111 Å². The summed E-state index contributed by atoms with van der Waals surface area (Å²) in [6, 6.07) is 1.29. The van der Waals surface area contributed by atoms with Crippen molar-refractivity contribution in [2.45, 2.75) is 18.6 Å². The number of aromatic nitrogens is 1. The third kappa shape index (κ3) is 3.58. The molecule has 0 aliphatic heterocycles. The van der Waals surface area contributed by atoms with Crippen molar-refractivity contribution in [1.82, 2.24) is 10.3 Å². The number of alkyl halides is 3. The molecule has 4 N–H and O–H groups in total. The van der Waals surface area contributed by atoms with E-state index in [0.717, 1.165) is 6.07 Å². The summed E-state index contributed by atoms with van der Waals surface area (Å²) in [5.41, 5.74) is -4.42. The summed E-state index contributed by atoms with van der Waals surface area (Å²) in [4.78, 5) is 24.7. The monoisotopic (exact) mass is 294 g/mol. The summed E-state index contributed by atoms with van der Waals surface area (Å²) >= 11 is 0. The Morgan fingerprint density at radius 1 is 1.30 bits per heavy atom. The van der Waals surface area contributed by atoms with Crippen molar-refractivity contribution in [1.29, 1.82) is 0 Å². The number of amides is 1. The highest BCUT2D eigenvalue weighted by Crippen LogP contribution is 2.26. The minimum Gasteiger partial charge on any atom is -0.394 e. The van der Waals surface area contributed by atoms with E-state index < -0.39 is 47.7 Å². The molecule has 0 bridgehead atoms. The van der Waals surface area contributed by atoms with Crippen molar-refractivity contribution in [2.75, 3.05) is 13.2 Å². The molecule has 0 aliphatic rings. The first-order chi connectivity index (χ1) is 9.13. The lowest BCUT2D eigenvalue weighted by molar-refractivity contribution is -0.141. The van der Waals surface area contributed by atoms with Crippen LogP contribution in [0.15, 0.2) is 16.9 Å². The number of carbonyl (C=O) groups is 1. The first kappa shape index (κ1) is 16.2. The molecular formula is C11H13F3N2O4. The van der Waals surface area contributed by atoms with E-state index in [0.29, 0.717) is 6.07 Å². The maximum atomic E-state index is 12.3. The fourth-order valence-corrected chi connectivity index (χ4v) is 1.29. The molecule has 0 fully saturated rings. The van der Waals surface area contributed by atoms with Gasteiger partial charge >= 0.3 is 6.18 Å². The van der Waals surface area contributed by atoms with Crippen LogP contribution >= 0.6 is 0 Å². The average molecular weight is 294 g/mol. The molecule has 9 heteroatoms. The highest BCUT2D eigenvalue weighted by molar-refractivity contribution is 5.94. The third-order valence-electron chi connectivity index (χ3n) is 2.57. The van der Waals surface area contributed by atoms with Crippen LogP contribution in [-0.4, -0.2) is 39.9 Å². The van der Waals surface area contributed by atoms with Crippen LogP contribution in [0.3, 0.4) is 0 Å². The van der Waals surface area contributed by atoms with E-state index in [9.17, 15) is 22.8 Å². The molecule has 0 spiro atoms. The van der Waals surface area contributed by atoms with Gasteiger partial charge in [0, 0.05) is 0 Å². The number of pyridine rings is 1. The van der Waals surface area contributed by atoms with Gasteiger partial charge in [0.15, 0.2) is 0 Å². The molecule has 0 saturated heterocycles. The minimum absolute atomic E-state index is 0.550. The summed E-state index contributed by atoms with van der Waals surface area (Å²) in [5, 5.41) is 20.2. The highest BCUT2D eigenvalue weighted by atomic mass is 19.4. The van der Waals surface area contributed by atoms with Crippen LogP contribution in [0.2, 0.25) is 0 Å². The van der Waals surface area contributed by atoms with E-state index in [2.05, 4.69) is 5.32 Å². The molecule has 0 unspecified atom stereocenters. The van der Waals surface area contributed by atoms with Gasteiger partial charge in [-0.05, 0) is 19.1 Å². The fraction of sp³-hybridized carbons (Fsp3) is 0.455. The molecule has 20 heavy (non-hydrogen) atoms. The number of aromatic amines is 1. The van der Waals surface area contributed by atoms with Crippen molar-refractivity contribution >= 4 is 5.91 Å². The van der Waals surface area contributed by atoms with Crippen molar-refractivity contribution < 1.29 is 28.2 Å². The zero-order chi connectivity index (χ0) is 15.6. The Bertz CT molecular complexity index is 549. The van der Waals surface area contributed by atoms with Gasteiger partial charge in [-0.2, -0.15) is 13.2 Å². The Morgan fingerprint density at radius 3 is 2.25 bits per heavy atom. The van der Waals surface area contributed by atoms with Gasteiger partial charge < -0.3 is 20.5 Å². The maximum Gasteiger partial charge on any atom is 0.431 e. The van der Waals surface area contributed by atoms with Crippen LogP contribution in [0.5, 0.6) is 0 Å². The first-order valence-electron chi connectivity index (χ1n) is 5.48. The molecular weight excluding hydrogens is 281 g/mol. The number of halogens is 3. The third-order valence-corrected chi connectivity index (χ3v) is 2.57. The normalized spacial score (nSPS) is 12.3. The predicted octanol–water partition coefficient (Wildman–Crippen LogP) is -0.133. The summed E-state index contributed by atoms with van der Waals surface area (Å²) in [6.45, 7) is 0.102. The van der Waals surface area contributed by atoms with Crippen LogP contribution in [0.25, 0.3) is 0 Å². The molecule has 0 saturated carbocycles. The number of hydrogen-bond acceptors (Lipinski definition) is 4. The number of hydrogen-bond donors (Lipinski definition) is 4. The highest BCUT2D eigenvalue weighted by Gasteiger charge is 2.33. The molecule has 1 heterocycles. The van der Waals surface area contributed by atoms with Gasteiger partial charge in [0.25, 0.3) is 11.5 Å². The van der Waals surface area contributed by atoms with Gasteiger partial charge in [0.1, 0.15) is 11.3 Å². The van der Waals surface area contributed by atoms with E-state index in [1.165, 1.54) is 6.92 Å². The topological polar surface area (TPSA) is 102 Å². The molecule has 1 rings (SSSR count). The van der Waals surface area contributed by atoms with Crippen LogP contribution in [-0.2, 0) is 6.18 Å². The van der Waals surface area contributed by atoms with E-state index in [4.69, 9.17) is 10.2 Å². The Morgan fingerprint density at radius 2 is 1.85 bits per heavy atom. The molecule has 0 aromatic carbocycles. The summed E-state index contributed by atoms with van der Waals surface area (Å²) in [5.74, 6) is -0.995. The second kappa shape index (κ2) is 5.63. The molecule has 1 aromatic rings. The van der Waals surface area contributed by atoms with Gasteiger partial charge in [0.05, 0.1) is 18.8 Å². The number of nitrogens with one attached hydrogen (secondary N) is 2. The number of H-pyrrole nitrogens is 1. The Kier molecular flexibility index (Phi) is 4.56. The van der Waals surface area contributed by atoms with Crippen LogP contribution < -0.4 is 10.9 Å². The smallest absolute Gasteiger partial charge is 0.394 e. The summed E-state index contributed by atoms with van der Waals surface area (Å²) in [7, 11) is 0. The van der Waals surface area contributed by atoms with E-state index >= 15 is 0 Å². The second-order valence-electron chi connectivity index (χ2n) is 4.44. The zero-order valence-electron chi connectivity index (χ0n) is 10.4. The zero-order valence-corrected chi connectivity index (χ0v) is 10.4. The van der Waals surface area contributed by atoms with Crippen molar-refractivity contribution in [3.05, 3.63) is 33.7 Å². The molecule has 1 aromatic heterocycles. The summed E-state index contributed by atoms with van der Waals surface area (Å²) in [6.07, 6.45) is -4.72. The minimum atomic E-state index is -4.72. The van der Waals surface area contributed by atoms with Gasteiger partial charge in [0.2, 0.25) is 0 Å². The first-order valence-corrected chi connectivity index (χ1v) is 5.48. The Hall–Kier alpha value is -1.87. The second-order valence-corrected chi connectivity index (χ2v) is 4.44. The quantitative estimate of drug-likeness (QED) is 0.621. The standard InChI is InChI=1S/C11H13F3N2O4/c1-10(4-17,5-18)16-9(20)6-2-3-7(11(12,13)14)15-8(6)19/h2-3,17-18H,4-5H2,1H3,(H,15,19)(H,16,20). The number of carbonyl (C=O) groups excluding carboxylic acids is 1. The largest absolute Gasteiger partial charge is 0.431 e.